The Kier molecular flexibility index (Phi) is 4.80. The van der Waals surface area contributed by atoms with Crippen molar-refractivity contribution in [2.75, 3.05) is 0 Å². The van der Waals surface area contributed by atoms with Crippen LogP contribution in [0.4, 0.5) is 4.39 Å². The van der Waals surface area contributed by atoms with Crippen molar-refractivity contribution in [3.8, 4) is 0 Å². The summed E-state index contributed by atoms with van der Waals surface area (Å²) in [6.07, 6.45) is 3.00. The number of carbonyl (C=O) groups is 1. The van der Waals surface area contributed by atoms with Crippen molar-refractivity contribution < 1.29 is 13.9 Å². The zero-order valence-electron chi connectivity index (χ0n) is 18.0. The lowest BCUT2D eigenvalue weighted by Crippen LogP contribution is -2.35. The number of carbonyl (C=O) groups excluding carboxylic acids is 1. The molecule has 8 heteroatoms. The molecule has 2 aromatic heterocycles. The largest absolute Gasteiger partial charge is 0.457 e. The minimum Gasteiger partial charge on any atom is -0.457 e. The molecule has 2 aromatic carbocycles. The van der Waals surface area contributed by atoms with Gasteiger partial charge in [-0.05, 0) is 49.6 Å². The summed E-state index contributed by atoms with van der Waals surface area (Å²) in [4.78, 5) is 26.0. The lowest BCUT2D eigenvalue weighted by atomic mass is 9.79. The van der Waals surface area contributed by atoms with E-state index in [4.69, 9.17) is 4.74 Å². The van der Waals surface area contributed by atoms with Crippen LogP contribution in [0, 0.1) is 12.7 Å². The van der Waals surface area contributed by atoms with Crippen molar-refractivity contribution in [1.82, 2.24) is 19.2 Å². The topological polar surface area (TPSA) is 78.5 Å². The van der Waals surface area contributed by atoms with Gasteiger partial charge in [0.25, 0.3) is 5.56 Å². The van der Waals surface area contributed by atoms with E-state index in [1.165, 1.54) is 16.7 Å². The summed E-state index contributed by atoms with van der Waals surface area (Å²) in [6, 6.07) is 11.8. The van der Waals surface area contributed by atoms with Gasteiger partial charge in [0.05, 0.1) is 16.3 Å². The molecule has 0 N–H and O–H groups in total. The summed E-state index contributed by atoms with van der Waals surface area (Å²) in [5, 5.41) is 8.88. The number of aromatic nitrogens is 4. The summed E-state index contributed by atoms with van der Waals surface area (Å²) in [7, 11) is 1.64. The predicted octanol–water partition coefficient (Wildman–Crippen LogP) is 3.58. The Morgan fingerprint density at radius 1 is 1.16 bits per heavy atom. The van der Waals surface area contributed by atoms with E-state index in [2.05, 4.69) is 10.2 Å². The van der Waals surface area contributed by atoms with Crippen molar-refractivity contribution in [3.63, 3.8) is 0 Å². The number of hydrogen-bond donors (Lipinski definition) is 0. The minimum atomic E-state index is -0.853. The van der Waals surface area contributed by atoms with E-state index in [0.29, 0.717) is 40.9 Å². The predicted molar refractivity (Wildman–Crippen MR) is 117 cm³/mol. The first-order valence-corrected chi connectivity index (χ1v) is 10.7. The smallest absolute Gasteiger partial charge is 0.317 e. The second kappa shape index (κ2) is 7.55. The van der Waals surface area contributed by atoms with Crippen molar-refractivity contribution >= 4 is 22.6 Å². The van der Waals surface area contributed by atoms with Gasteiger partial charge in [-0.2, -0.15) is 0 Å². The third kappa shape index (κ3) is 3.09. The molecule has 0 spiro atoms. The van der Waals surface area contributed by atoms with Crippen LogP contribution in [0.3, 0.4) is 0 Å². The normalized spacial score (nSPS) is 15.5. The molecule has 32 heavy (non-hydrogen) atoms. The Bertz CT molecular complexity index is 1420. The summed E-state index contributed by atoms with van der Waals surface area (Å²) >= 11 is 0. The lowest BCUT2D eigenvalue weighted by Gasteiger charge is -2.27. The van der Waals surface area contributed by atoms with Crippen LogP contribution in [-0.2, 0) is 28.6 Å². The highest BCUT2D eigenvalue weighted by atomic mass is 19.1. The van der Waals surface area contributed by atoms with Crippen LogP contribution in [0.1, 0.15) is 42.6 Å². The zero-order valence-corrected chi connectivity index (χ0v) is 18.0. The number of rotatable bonds is 4. The molecule has 1 fully saturated rings. The van der Waals surface area contributed by atoms with Crippen LogP contribution in [0.5, 0.6) is 0 Å². The Balaban J connectivity index is 1.52. The number of esters is 1. The van der Waals surface area contributed by atoms with Gasteiger partial charge in [0.15, 0.2) is 12.4 Å². The fourth-order valence-electron chi connectivity index (χ4n) is 4.80. The van der Waals surface area contributed by atoms with Gasteiger partial charge in [0.2, 0.25) is 5.78 Å². The first kappa shape index (κ1) is 20.4. The third-order valence-electron chi connectivity index (χ3n) is 6.50. The SMILES string of the molecule is Cc1ccc2c(c1)c(=O)n(C)c1nnc(COC(=O)C3(c4cccc(F)c4)CCCC3)n21. The van der Waals surface area contributed by atoms with Crippen LogP contribution < -0.4 is 5.56 Å². The highest BCUT2D eigenvalue weighted by molar-refractivity contribution is 5.84. The molecule has 1 saturated carbocycles. The molecule has 5 rings (SSSR count). The standard InChI is InChI=1S/C24H23FN4O3/c1-15-8-9-19-18(12-15)21(30)28(2)23-27-26-20(29(19)23)14-32-22(31)24(10-3-4-11-24)16-6-5-7-17(25)13-16/h5-9,12-13H,3-4,10-11,14H2,1-2H3. The monoisotopic (exact) mass is 434 g/mol. The van der Waals surface area contributed by atoms with Gasteiger partial charge in [-0.1, -0.05) is 36.6 Å². The van der Waals surface area contributed by atoms with Crippen LogP contribution in [0.2, 0.25) is 0 Å². The number of ether oxygens (including phenoxy) is 1. The average Bonchev–Trinajstić information content (AvgIpc) is 3.44. The fourth-order valence-corrected chi connectivity index (χ4v) is 4.80. The molecule has 0 bridgehead atoms. The van der Waals surface area contributed by atoms with Crippen molar-refractivity contribution in [3.05, 3.63) is 75.6 Å². The van der Waals surface area contributed by atoms with Gasteiger partial charge in [-0.15, -0.1) is 10.2 Å². The van der Waals surface area contributed by atoms with Gasteiger partial charge in [0, 0.05) is 7.05 Å². The number of fused-ring (bicyclic) bond motifs is 3. The summed E-state index contributed by atoms with van der Waals surface area (Å²) in [6.45, 7) is 1.82. The summed E-state index contributed by atoms with van der Waals surface area (Å²) < 4.78 is 22.8. The van der Waals surface area contributed by atoms with Crippen LogP contribution >= 0.6 is 0 Å². The zero-order chi connectivity index (χ0) is 22.5. The summed E-state index contributed by atoms with van der Waals surface area (Å²) in [5.74, 6) is 0.0401. The van der Waals surface area contributed by atoms with E-state index in [1.54, 1.807) is 23.6 Å². The van der Waals surface area contributed by atoms with E-state index in [0.717, 1.165) is 18.4 Å². The van der Waals surface area contributed by atoms with Gasteiger partial charge in [-0.3, -0.25) is 18.6 Å². The summed E-state index contributed by atoms with van der Waals surface area (Å²) in [5.41, 5.74) is 1.26. The first-order valence-electron chi connectivity index (χ1n) is 10.7. The maximum Gasteiger partial charge on any atom is 0.317 e. The molecule has 0 aliphatic heterocycles. The third-order valence-corrected chi connectivity index (χ3v) is 6.50. The molecule has 1 aliphatic carbocycles. The van der Waals surface area contributed by atoms with E-state index in [1.807, 2.05) is 25.1 Å². The van der Waals surface area contributed by atoms with Crippen molar-refractivity contribution in [1.29, 1.82) is 0 Å². The molecule has 4 aromatic rings. The number of aryl methyl sites for hydroxylation is 2. The van der Waals surface area contributed by atoms with Gasteiger partial charge < -0.3 is 4.74 Å². The Labute approximate surface area is 183 Å². The van der Waals surface area contributed by atoms with Gasteiger partial charge in [-0.25, -0.2) is 4.39 Å². The van der Waals surface area contributed by atoms with Gasteiger partial charge in [0.1, 0.15) is 5.82 Å². The fraction of sp³-hybridized carbons (Fsp3) is 0.333. The Morgan fingerprint density at radius 3 is 2.69 bits per heavy atom. The van der Waals surface area contributed by atoms with Gasteiger partial charge >= 0.3 is 5.97 Å². The highest BCUT2D eigenvalue weighted by Gasteiger charge is 2.44. The van der Waals surface area contributed by atoms with Crippen LogP contribution in [0.15, 0.2) is 47.3 Å². The van der Waals surface area contributed by atoms with Crippen LogP contribution in [-0.4, -0.2) is 25.1 Å². The molecule has 1 aliphatic rings. The number of benzene rings is 2. The maximum atomic E-state index is 13.9. The Hall–Kier alpha value is -3.55. The second-order valence-corrected chi connectivity index (χ2v) is 8.51. The molecule has 0 unspecified atom stereocenters. The molecule has 0 saturated heterocycles. The molecule has 7 nitrogen and oxygen atoms in total. The maximum absolute atomic E-state index is 13.9. The molecular formula is C24H23FN4O3. The first-order chi connectivity index (χ1) is 15.4. The number of hydrogen-bond acceptors (Lipinski definition) is 5. The van der Waals surface area contributed by atoms with Crippen LogP contribution in [0.25, 0.3) is 16.7 Å². The van der Waals surface area contributed by atoms with E-state index in [9.17, 15) is 14.0 Å². The number of nitrogens with zero attached hydrogens (tertiary/aromatic N) is 4. The molecule has 164 valence electrons. The van der Waals surface area contributed by atoms with Crippen molar-refractivity contribution in [2.45, 2.75) is 44.6 Å². The lowest BCUT2D eigenvalue weighted by molar-refractivity contribution is -0.152. The molecular weight excluding hydrogens is 411 g/mol. The molecule has 0 atom stereocenters. The second-order valence-electron chi connectivity index (χ2n) is 8.51. The number of halogens is 1. The van der Waals surface area contributed by atoms with E-state index >= 15 is 0 Å². The molecule has 2 heterocycles. The molecule has 0 radical (unpaired) electrons. The van der Waals surface area contributed by atoms with E-state index < -0.39 is 5.41 Å². The van der Waals surface area contributed by atoms with E-state index in [-0.39, 0.29) is 24.0 Å². The van der Waals surface area contributed by atoms with Crippen molar-refractivity contribution in [2.24, 2.45) is 7.05 Å². The minimum absolute atomic E-state index is 0.0990. The quantitative estimate of drug-likeness (QED) is 0.459. The molecule has 0 amide bonds. The Morgan fingerprint density at radius 2 is 1.94 bits per heavy atom. The highest BCUT2D eigenvalue weighted by Crippen LogP contribution is 2.42. The average molecular weight is 434 g/mol.